The maximum absolute atomic E-state index is 12.4. The van der Waals surface area contributed by atoms with Gasteiger partial charge in [-0.1, -0.05) is 43.5 Å². The fourth-order valence-electron chi connectivity index (χ4n) is 3.64. The predicted molar refractivity (Wildman–Crippen MR) is 109 cm³/mol. The summed E-state index contributed by atoms with van der Waals surface area (Å²) in [6, 6.07) is 8.50. The molecule has 1 heterocycles. The lowest BCUT2D eigenvalue weighted by atomic mass is 9.79. The minimum Gasteiger partial charge on any atom is -0.399 e. The Morgan fingerprint density at radius 1 is 1.07 bits per heavy atom. The van der Waals surface area contributed by atoms with E-state index < -0.39 is 0 Å². The van der Waals surface area contributed by atoms with Gasteiger partial charge in [-0.3, -0.25) is 0 Å². The van der Waals surface area contributed by atoms with Crippen LogP contribution in [0.1, 0.15) is 65.4 Å². The van der Waals surface area contributed by atoms with Crippen LogP contribution in [-0.2, 0) is 15.9 Å². The Morgan fingerprint density at radius 3 is 2.19 bits per heavy atom. The van der Waals surface area contributed by atoms with E-state index in [0.29, 0.717) is 12.6 Å². The van der Waals surface area contributed by atoms with Crippen molar-refractivity contribution in [1.82, 2.24) is 10.2 Å². The zero-order chi connectivity index (χ0) is 19.7. The van der Waals surface area contributed by atoms with Gasteiger partial charge in [0.2, 0.25) is 0 Å². The van der Waals surface area contributed by atoms with E-state index in [9.17, 15) is 4.79 Å². The van der Waals surface area contributed by atoms with E-state index in [1.165, 1.54) is 19.3 Å². The number of rotatable bonds is 4. The summed E-state index contributed by atoms with van der Waals surface area (Å²) in [5, 5.41) is 3.16. The van der Waals surface area contributed by atoms with Crippen LogP contribution in [0.2, 0.25) is 0 Å². The molecule has 0 atom stereocenters. The zero-order valence-corrected chi connectivity index (χ0v) is 17.4. The molecule has 148 valence electrons. The highest BCUT2D eigenvalue weighted by molar-refractivity contribution is 6.62. The normalized spacial score (nSPS) is 21.9. The molecular formula is C21H33BN2O3. The lowest BCUT2D eigenvalue weighted by Crippen LogP contribution is -2.43. The molecule has 3 rings (SSSR count). The molecule has 1 aliphatic carbocycles. The van der Waals surface area contributed by atoms with Gasteiger partial charge in [0.05, 0.1) is 11.2 Å². The summed E-state index contributed by atoms with van der Waals surface area (Å²) in [7, 11) is 1.50. The molecule has 0 bridgehead atoms. The van der Waals surface area contributed by atoms with Crippen molar-refractivity contribution in [2.75, 3.05) is 7.05 Å². The lowest BCUT2D eigenvalue weighted by Gasteiger charge is -2.32. The summed E-state index contributed by atoms with van der Waals surface area (Å²) >= 11 is 0. The molecule has 1 saturated carbocycles. The molecule has 1 saturated heterocycles. The average molecular weight is 372 g/mol. The minimum absolute atomic E-state index is 0.0111. The highest BCUT2D eigenvalue weighted by atomic mass is 16.7. The molecule has 0 radical (unpaired) electrons. The second-order valence-corrected chi connectivity index (χ2v) is 8.97. The third-order valence-electron chi connectivity index (χ3n) is 6.20. The van der Waals surface area contributed by atoms with Crippen molar-refractivity contribution >= 4 is 18.6 Å². The van der Waals surface area contributed by atoms with E-state index in [-0.39, 0.29) is 24.4 Å². The van der Waals surface area contributed by atoms with Crippen molar-refractivity contribution in [2.24, 2.45) is 0 Å². The molecule has 6 heteroatoms. The summed E-state index contributed by atoms with van der Waals surface area (Å²) in [5.74, 6) is 0. The van der Waals surface area contributed by atoms with E-state index in [1.807, 2.05) is 31.3 Å². The van der Waals surface area contributed by atoms with Gasteiger partial charge in [-0.05, 0) is 51.6 Å². The molecule has 2 amide bonds. The van der Waals surface area contributed by atoms with Crippen LogP contribution in [0.15, 0.2) is 24.3 Å². The van der Waals surface area contributed by atoms with Crippen LogP contribution >= 0.6 is 0 Å². The molecule has 2 aliphatic rings. The minimum atomic E-state index is -0.351. The number of carbonyl (C=O) groups is 1. The standard InChI is InChI=1S/C21H33BN2O3/c1-20(2)21(3,4)27-22(26-20)17-13-11-16(12-14-17)15-24(5)19(25)23-18-9-7-6-8-10-18/h11-14,18H,6-10,15H2,1-5H3,(H,23,25). The summed E-state index contributed by atoms with van der Waals surface area (Å²) in [6.07, 6.45) is 5.92. The fraction of sp³-hybridized carbons (Fsp3) is 0.667. The molecule has 0 unspecified atom stereocenters. The van der Waals surface area contributed by atoms with Crippen LogP contribution in [0.3, 0.4) is 0 Å². The molecule has 1 aliphatic heterocycles. The Hall–Kier alpha value is -1.53. The van der Waals surface area contributed by atoms with E-state index in [4.69, 9.17) is 9.31 Å². The second kappa shape index (κ2) is 7.84. The summed E-state index contributed by atoms with van der Waals surface area (Å²) < 4.78 is 12.2. The van der Waals surface area contributed by atoms with E-state index >= 15 is 0 Å². The number of amides is 2. The van der Waals surface area contributed by atoms with Gasteiger partial charge in [-0.15, -0.1) is 0 Å². The smallest absolute Gasteiger partial charge is 0.399 e. The van der Waals surface area contributed by atoms with Gasteiger partial charge < -0.3 is 19.5 Å². The first kappa shape index (κ1) is 20.2. The maximum Gasteiger partial charge on any atom is 0.494 e. The van der Waals surface area contributed by atoms with Gasteiger partial charge in [0.25, 0.3) is 0 Å². The van der Waals surface area contributed by atoms with Gasteiger partial charge in [0.15, 0.2) is 0 Å². The van der Waals surface area contributed by atoms with Gasteiger partial charge >= 0.3 is 13.1 Å². The quantitative estimate of drug-likeness (QED) is 0.824. The Balaban J connectivity index is 1.55. The van der Waals surface area contributed by atoms with Crippen LogP contribution in [-0.4, -0.2) is 42.3 Å². The van der Waals surface area contributed by atoms with E-state index in [1.54, 1.807) is 4.90 Å². The summed E-state index contributed by atoms with van der Waals surface area (Å²) in [4.78, 5) is 14.2. The largest absolute Gasteiger partial charge is 0.494 e. The molecule has 0 aromatic heterocycles. The molecule has 1 aromatic carbocycles. The number of nitrogens with zero attached hydrogens (tertiary/aromatic N) is 1. The van der Waals surface area contributed by atoms with Crippen molar-refractivity contribution in [3.63, 3.8) is 0 Å². The Bertz CT molecular complexity index is 638. The third-order valence-corrected chi connectivity index (χ3v) is 6.20. The number of benzene rings is 1. The Labute approximate surface area is 163 Å². The molecule has 2 fully saturated rings. The summed E-state index contributed by atoms with van der Waals surface area (Å²) in [6.45, 7) is 8.81. The molecule has 27 heavy (non-hydrogen) atoms. The molecule has 1 N–H and O–H groups in total. The average Bonchev–Trinajstić information content (AvgIpc) is 2.84. The molecule has 5 nitrogen and oxygen atoms in total. The van der Waals surface area contributed by atoms with Gasteiger partial charge in [-0.25, -0.2) is 4.79 Å². The van der Waals surface area contributed by atoms with E-state index in [2.05, 4.69) is 33.0 Å². The third kappa shape index (κ3) is 4.67. The van der Waals surface area contributed by atoms with Crippen molar-refractivity contribution in [3.05, 3.63) is 29.8 Å². The first-order chi connectivity index (χ1) is 12.7. The number of hydrogen-bond donors (Lipinski definition) is 1. The number of urea groups is 1. The maximum atomic E-state index is 12.4. The van der Waals surface area contributed by atoms with Crippen molar-refractivity contribution in [2.45, 2.75) is 83.6 Å². The van der Waals surface area contributed by atoms with E-state index in [0.717, 1.165) is 23.9 Å². The van der Waals surface area contributed by atoms with Crippen molar-refractivity contribution in [3.8, 4) is 0 Å². The predicted octanol–water partition coefficient (Wildman–Crippen LogP) is 3.46. The Morgan fingerprint density at radius 2 is 1.63 bits per heavy atom. The first-order valence-electron chi connectivity index (χ1n) is 10.1. The van der Waals surface area contributed by atoms with Crippen LogP contribution in [0.25, 0.3) is 0 Å². The fourth-order valence-corrected chi connectivity index (χ4v) is 3.64. The highest BCUT2D eigenvalue weighted by Gasteiger charge is 2.51. The molecular weight excluding hydrogens is 339 g/mol. The van der Waals surface area contributed by atoms with Crippen LogP contribution < -0.4 is 10.8 Å². The monoisotopic (exact) mass is 372 g/mol. The highest BCUT2D eigenvalue weighted by Crippen LogP contribution is 2.36. The second-order valence-electron chi connectivity index (χ2n) is 8.97. The number of carbonyl (C=O) groups excluding carboxylic acids is 1. The van der Waals surface area contributed by atoms with Crippen molar-refractivity contribution in [1.29, 1.82) is 0 Å². The Kier molecular flexibility index (Phi) is 5.87. The lowest BCUT2D eigenvalue weighted by molar-refractivity contribution is 0.00578. The van der Waals surface area contributed by atoms with Crippen LogP contribution in [0.4, 0.5) is 4.79 Å². The molecule has 0 spiro atoms. The van der Waals surface area contributed by atoms with Crippen molar-refractivity contribution < 1.29 is 14.1 Å². The molecule has 1 aromatic rings. The summed E-state index contributed by atoms with van der Waals surface area (Å²) in [5.41, 5.74) is 1.42. The van der Waals surface area contributed by atoms with Gasteiger partial charge in [0, 0.05) is 19.6 Å². The van der Waals surface area contributed by atoms with Crippen LogP contribution in [0.5, 0.6) is 0 Å². The van der Waals surface area contributed by atoms with Crippen LogP contribution in [0, 0.1) is 0 Å². The SMILES string of the molecule is CN(Cc1ccc(B2OC(C)(C)C(C)(C)O2)cc1)C(=O)NC1CCCCC1. The zero-order valence-electron chi connectivity index (χ0n) is 17.4. The number of nitrogens with one attached hydrogen (secondary N) is 1. The van der Waals surface area contributed by atoms with Gasteiger partial charge in [-0.2, -0.15) is 0 Å². The number of hydrogen-bond acceptors (Lipinski definition) is 3. The topological polar surface area (TPSA) is 50.8 Å². The van der Waals surface area contributed by atoms with Gasteiger partial charge in [0.1, 0.15) is 0 Å². The first-order valence-corrected chi connectivity index (χ1v) is 10.1.